The maximum absolute atomic E-state index is 8.73. The Kier molecular flexibility index (Phi) is 5.19. The fourth-order valence-corrected chi connectivity index (χ4v) is 2.86. The Balaban J connectivity index is 2.11. The molecule has 1 heterocycles. The molecule has 1 aromatic rings. The summed E-state index contributed by atoms with van der Waals surface area (Å²) in [6.07, 6.45) is 2.78. The van der Waals surface area contributed by atoms with E-state index in [1.54, 1.807) is 18.7 Å². The Morgan fingerprint density at radius 1 is 1.56 bits per heavy atom. The first-order valence-electron chi connectivity index (χ1n) is 5.17. The molecule has 0 amide bonds. The molecule has 2 N–H and O–H groups in total. The maximum Gasteiger partial charge on any atom is 0.170 e. The van der Waals surface area contributed by atoms with Crippen molar-refractivity contribution in [2.24, 2.45) is 5.73 Å². The fraction of sp³-hybridized carbons (Fsp3) is 0.700. The monoisotopic (exact) mass is 256 g/mol. The number of aromatic nitrogens is 2. The van der Waals surface area contributed by atoms with Gasteiger partial charge in [0.25, 0.3) is 0 Å². The highest BCUT2D eigenvalue weighted by Gasteiger charge is 2.15. The lowest BCUT2D eigenvalue weighted by Crippen LogP contribution is -2.33. The van der Waals surface area contributed by atoms with Gasteiger partial charge in [0.2, 0.25) is 0 Å². The van der Waals surface area contributed by atoms with Gasteiger partial charge in [-0.1, -0.05) is 11.8 Å². The van der Waals surface area contributed by atoms with Gasteiger partial charge in [-0.2, -0.15) is 9.64 Å². The van der Waals surface area contributed by atoms with E-state index in [-0.39, 0.29) is 0 Å². The molecule has 0 radical (unpaired) electrons. The topological polar surface area (TPSA) is 75.6 Å². The predicted octanol–water partition coefficient (Wildman–Crippen LogP) is 2.35. The Hall–Kier alpha value is -0.640. The molecule has 0 bridgehead atoms. The Labute approximate surface area is 104 Å². The molecule has 1 atom stereocenters. The van der Waals surface area contributed by atoms with Crippen LogP contribution in [0.1, 0.15) is 32.0 Å². The van der Waals surface area contributed by atoms with Gasteiger partial charge < -0.3 is 5.73 Å². The second-order valence-corrected chi connectivity index (χ2v) is 6.04. The predicted molar refractivity (Wildman–Crippen MR) is 67.4 cm³/mol. The van der Waals surface area contributed by atoms with Gasteiger partial charge in [-0.3, -0.25) is 0 Å². The SMILES string of the molecule is Cc1nsc(SCCCCC(C)(N)C#N)n1. The minimum atomic E-state index is -0.677. The number of thioether (sulfide) groups is 1. The number of nitrogens with two attached hydrogens (primary N) is 1. The van der Waals surface area contributed by atoms with Crippen molar-refractivity contribution in [1.82, 2.24) is 9.36 Å². The van der Waals surface area contributed by atoms with E-state index in [0.29, 0.717) is 0 Å². The first-order valence-corrected chi connectivity index (χ1v) is 6.93. The zero-order chi connectivity index (χ0) is 12.0. The van der Waals surface area contributed by atoms with Crippen molar-refractivity contribution >= 4 is 23.3 Å². The van der Waals surface area contributed by atoms with E-state index < -0.39 is 5.54 Å². The maximum atomic E-state index is 8.73. The lowest BCUT2D eigenvalue weighted by atomic mass is 9.99. The standard InChI is InChI=1S/C10H16N4S2/c1-8-13-9(16-14-8)15-6-4-3-5-10(2,12)7-11/h3-6,12H2,1-2H3. The average Bonchev–Trinajstić information content (AvgIpc) is 2.64. The van der Waals surface area contributed by atoms with Crippen LogP contribution in [0.2, 0.25) is 0 Å². The molecule has 88 valence electrons. The molecule has 0 saturated carbocycles. The van der Waals surface area contributed by atoms with Crippen LogP contribution in [0.25, 0.3) is 0 Å². The molecule has 0 aliphatic rings. The average molecular weight is 256 g/mol. The minimum absolute atomic E-state index is 0.677. The highest BCUT2D eigenvalue weighted by atomic mass is 32.2. The molecule has 6 heteroatoms. The van der Waals surface area contributed by atoms with E-state index in [2.05, 4.69) is 15.4 Å². The van der Waals surface area contributed by atoms with Gasteiger partial charge in [-0.05, 0) is 44.6 Å². The van der Waals surface area contributed by atoms with Gasteiger partial charge in [-0.25, -0.2) is 4.98 Å². The quantitative estimate of drug-likeness (QED) is 0.624. The van der Waals surface area contributed by atoms with Crippen molar-refractivity contribution < 1.29 is 0 Å². The summed E-state index contributed by atoms with van der Waals surface area (Å²) in [5.74, 6) is 1.85. The first-order chi connectivity index (χ1) is 7.53. The number of hydrogen-bond acceptors (Lipinski definition) is 6. The molecular weight excluding hydrogens is 240 g/mol. The zero-order valence-electron chi connectivity index (χ0n) is 9.56. The Bertz CT molecular complexity index is 367. The van der Waals surface area contributed by atoms with Crippen LogP contribution < -0.4 is 5.73 Å². The van der Waals surface area contributed by atoms with E-state index in [1.807, 2.05) is 6.92 Å². The number of unbranched alkanes of at least 4 members (excludes halogenated alkanes) is 1. The molecule has 0 spiro atoms. The van der Waals surface area contributed by atoms with E-state index >= 15 is 0 Å². The van der Waals surface area contributed by atoms with E-state index in [4.69, 9.17) is 11.0 Å². The van der Waals surface area contributed by atoms with Crippen molar-refractivity contribution in [3.05, 3.63) is 5.82 Å². The van der Waals surface area contributed by atoms with Crippen LogP contribution in [0.5, 0.6) is 0 Å². The normalized spacial score (nSPS) is 14.4. The van der Waals surface area contributed by atoms with Crippen molar-refractivity contribution in [2.45, 2.75) is 43.0 Å². The summed E-state index contributed by atoms with van der Waals surface area (Å²) in [6, 6.07) is 2.10. The van der Waals surface area contributed by atoms with Crippen LogP contribution in [-0.2, 0) is 0 Å². The van der Waals surface area contributed by atoms with Gasteiger partial charge in [0.15, 0.2) is 4.34 Å². The highest BCUT2D eigenvalue weighted by molar-refractivity contribution is 8.00. The third-order valence-electron chi connectivity index (χ3n) is 2.08. The molecule has 0 saturated heterocycles. The smallest absolute Gasteiger partial charge is 0.170 e. The van der Waals surface area contributed by atoms with Crippen molar-refractivity contribution in [2.75, 3.05) is 5.75 Å². The van der Waals surface area contributed by atoms with Crippen LogP contribution in [0.4, 0.5) is 0 Å². The Morgan fingerprint density at radius 2 is 2.31 bits per heavy atom. The number of nitrogens with zero attached hydrogens (tertiary/aromatic N) is 3. The summed E-state index contributed by atoms with van der Waals surface area (Å²) in [6.45, 7) is 3.67. The lowest BCUT2D eigenvalue weighted by molar-refractivity contribution is 0.519. The van der Waals surface area contributed by atoms with Crippen LogP contribution in [0.3, 0.4) is 0 Å². The third-order valence-corrected chi connectivity index (χ3v) is 4.09. The van der Waals surface area contributed by atoms with Gasteiger partial charge in [0, 0.05) is 5.75 Å². The molecule has 1 rings (SSSR count). The molecule has 0 fully saturated rings. The number of hydrogen-bond donors (Lipinski definition) is 1. The summed E-state index contributed by atoms with van der Waals surface area (Å²) in [7, 11) is 0. The van der Waals surface area contributed by atoms with Crippen molar-refractivity contribution in [3.63, 3.8) is 0 Å². The molecule has 0 aromatic carbocycles. The van der Waals surface area contributed by atoms with Crippen LogP contribution in [-0.4, -0.2) is 20.6 Å². The molecule has 4 nitrogen and oxygen atoms in total. The molecule has 1 aromatic heterocycles. The molecular formula is C10H16N4S2. The number of nitriles is 1. The van der Waals surface area contributed by atoms with Crippen molar-refractivity contribution in [3.8, 4) is 6.07 Å². The van der Waals surface area contributed by atoms with E-state index in [9.17, 15) is 0 Å². The van der Waals surface area contributed by atoms with Gasteiger partial charge in [0.05, 0.1) is 6.07 Å². The van der Waals surface area contributed by atoms with Gasteiger partial charge in [-0.15, -0.1) is 0 Å². The van der Waals surface area contributed by atoms with Crippen LogP contribution in [0.15, 0.2) is 4.34 Å². The van der Waals surface area contributed by atoms with Crippen LogP contribution in [0, 0.1) is 18.3 Å². The molecule has 16 heavy (non-hydrogen) atoms. The molecule has 1 unspecified atom stereocenters. The largest absolute Gasteiger partial charge is 0.314 e. The first kappa shape index (κ1) is 13.4. The summed E-state index contributed by atoms with van der Waals surface area (Å²) in [5, 5.41) is 8.73. The summed E-state index contributed by atoms with van der Waals surface area (Å²) in [5.41, 5.74) is 5.05. The van der Waals surface area contributed by atoms with Gasteiger partial charge in [0.1, 0.15) is 11.4 Å². The summed E-state index contributed by atoms with van der Waals surface area (Å²) < 4.78 is 5.14. The lowest BCUT2D eigenvalue weighted by Gasteiger charge is -2.13. The Morgan fingerprint density at radius 3 is 2.88 bits per heavy atom. The summed E-state index contributed by atoms with van der Waals surface area (Å²) >= 11 is 3.16. The number of aryl methyl sites for hydroxylation is 1. The molecule has 0 aliphatic heterocycles. The summed E-state index contributed by atoms with van der Waals surface area (Å²) in [4.78, 5) is 4.27. The molecule has 0 aliphatic carbocycles. The van der Waals surface area contributed by atoms with E-state index in [0.717, 1.165) is 35.2 Å². The second-order valence-electron chi connectivity index (χ2n) is 3.94. The zero-order valence-corrected chi connectivity index (χ0v) is 11.2. The van der Waals surface area contributed by atoms with E-state index in [1.165, 1.54) is 11.5 Å². The van der Waals surface area contributed by atoms with Crippen LogP contribution >= 0.6 is 23.3 Å². The second kappa shape index (κ2) is 6.18. The van der Waals surface area contributed by atoms with Crippen molar-refractivity contribution in [1.29, 1.82) is 5.26 Å². The minimum Gasteiger partial charge on any atom is -0.314 e. The third kappa shape index (κ3) is 4.92. The number of rotatable bonds is 6. The highest BCUT2D eigenvalue weighted by Crippen LogP contribution is 2.21. The fourth-order valence-electron chi connectivity index (χ4n) is 1.15. The van der Waals surface area contributed by atoms with Gasteiger partial charge >= 0.3 is 0 Å².